The van der Waals surface area contributed by atoms with Gasteiger partial charge in [-0.25, -0.2) is 13.2 Å². The van der Waals surface area contributed by atoms with Crippen molar-refractivity contribution in [3.05, 3.63) is 29.6 Å². The molecule has 0 unspecified atom stereocenters. The van der Waals surface area contributed by atoms with Gasteiger partial charge in [0, 0.05) is 12.1 Å². The van der Waals surface area contributed by atoms with Gasteiger partial charge in [-0.2, -0.15) is 0 Å². The first-order valence-corrected chi connectivity index (χ1v) is 8.37. The zero-order valence-corrected chi connectivity index (χ0v) is 13.2. The van der Waals surface area contributed by atoms with Crippen molar-refractivity contribution in [1.82, 2.24) is 0 Å². The Morgan fingerprint density at radius 1 is 0.909 bits per heavy atom. The van der Waals surface area contributed by atoms with E-state index in [1.54, 1.807) is 0 Å². The minimum absolute atomic E-state index is 0.191. The Bertz CT molecular complexity index is 468. The van der Waals surface area contributed by atoms with Gasteiger partial charge in [0.25, 0.3) is 0 Å². The van der Waals surface area contributed by atoms with Crippen LogP contribution in [0.3, 0.4) is 0 Å². The fourth-order valence-electron chi connectivity index (χ4n) is 3.19. The molecule has 1 aromatic rings. The molecule has 1 fully saturated rings. The normalized spacial score (nSPS) is 21.8. The quantitative estimate of drug-likeness (QED) is 0.452. The Morgan fingerprint density at radius 3 is 2.23 bits per heavy atom. The fraction of sp³-hybridized carbons (Fsp3) is 0.667. The highest BCUT2D eigenvalue weighted by Crippen LogP contribution is 2.32. The molecule has 0 aliphatic heterocycles. The van der Waals surface area contributed by atoms with Gasteiger partial charge >= 0.3 is 0 Å². The molecule has 0 N–H and O–H groups in total. The van der Waals surface area contributed by atoms with Crippen molar-refractivity contribution < 1.29 is 17.9 Å². The third-order valence-electron chi connectivity index (χ3n) is 4.63. The molecular formula is C18H25F3O. The standard InChI is InChI=1S/C18H25F3O/c1-2-3-4-5-13-6-8-14(9-7-13)12-22-18-11-16(20)15(19)10-17(18)21/h10-11,13-14H,2-9,12H2,1H3. The van der Waals surface area contributed by atoms with E-state index in [9.17, 15) is 13.2 Å². The Morgan fingerprint density at radius 2 is 1.55 bits per heavy atom. The average Bonchev–Trinajstić information content (AvgIpc) is 2.51. The maximum absolute atomic E-state index is 13.5. The first-order chi connectivity index (χ1) is 10.6. The minimum Gasteiger partial charge on any atom is -0.490 e. The molecule has 1 aromatic carbocycles. The van der Waals surface area contributed by atoms with E-state index >= 15 is 0 Å². The summed E-state index contributed by atoms with van der Waals surface area (Å²) in [6.45, 7) is 2.59. The van der Waals surface area contributed by atoms with Crippen LogP contribution < -0.4 is 4.74 Å². The zero-order valence-electron chi connectivity index (χ0n) is 13.2. The van der Waals surface area contributed by atoms with Gasteiger partial charge in [0.2, 0.25) is 0 Å². The van der Waals surface area contributed by atoms with Crippen molar-refractivity contribution in [2.75, 3.05) is 6.61 Å². The largest absolute Gasteiger partial charge is 0.490 e. The second-order valence-corrected chi connectivity index (χ2v) is 6.39. The highest BCUT2D eigenvalue weighted by molar-refractivity contribution is 5.25. The Hall–Kier alpha value is -1.19. The van der Waals surface area contributed by atoms with Gasteiger partial charge in [-0.05, 0) is 24.7 Å². The van der Waals surface area contributed by atoms with Crippen LogP contribution in [0.15, 0.2) is 12.1 Å². The topological polar surface area (TPSA) is 9.23 Å². The third kappa shape index (κ3) is 4.92. The summed E-state index contributed by atoms with van der Waals surface area (Å²) in [5, 5.41) is 0. The van der Waals surface area contributed by atoms with Gasteiger partial charge in [-0.15, -0.1) is 0 Å². The lowest BCUT2D eigenvalue weighted by atomic mass is 9.80. The van der Waals surface area contributed by atoms with Crippen LogP contribution in [-0.4, -0.2) is 6.61 Å². The summed E-state index contributed by atoms with van der Waals surface area (Å²) in [6.07, 6.45) is 9.70. The van der Waals surface area contributed by atoms with Crippen LogP contribution in [0.4, 0.5) is 13.2 Å². The molecule has 0 radical (unpaired) electrons. The molecule has 0 amide bonds. The number of hydrogen-bond donors (Lipinski definition) is 0. The second kappa shape index (κ2) is 8.44. The smallest absolute Gasteiger partial charge is 0.168 e. The zero-order chi connectivity index (χ0) is 15.9. The molecule has 1 aliphatic rings. The molecule has 2 rings (SSSR count). The lowest BCUT2D eigenvalue weighted by Gasteiger charge is -2.28. The number of benzene rings is 1. The van der Waals surface area contributed by atoms with Gasteiger partial charge < -0.3 is 4.74 Å². The molecule has 0 heterocycles. The summed E-state index contributed by atoms with van der Waals surface area (Å²) < 4.78 is 44.8. The molecule has 4 heteroatoms. The van der Waals surface area contributed by atoms with Gasteiger partial charge in [-0.1, -0.05) is 45.4 Å². The number of hydrogen-bond acceptors (Lipinski definition) is 1. The van der Waals surface area contributed by atoms with Crippen molar-refractivity contribution in [3.63, 3.8) is 0 Å². The van der Waals surface area contributed by atoms with Crippen LogP contribution in [0.5, 0.6) is 5.75 Å². The number of unbranched alkanes of at least 4 members (excludes halogenated alkanes) is 2. The summed E-state index contributed by atoms with van der Waals surface area (Å²) in [5.41, 5.74) is 0. The highest BCUT2D eigenvalue weighted by atomic mass is 19.2. The Balaban J connectivity index is 1.74. The van der Waals surface area contributed by atoms with Gasteiger partial charge in [-0.3, -0.25) is 0 Å². The lowest BCUT2D eigenvalue weighted by Crippen LogP contribution is -2.20. The van der Waals surface area contributed by atoms with E-state index in [4.69, 9.17) is 4.74 Å². The summed E-state index contributed by atoms with van der Waals surface area (Å²) >= 11 is 0. The van der Waals surface area contributed by atoms with E-state index in [1.165, 1.54) is 38.5 Å². The maximum Gasteiger partial charge on any atom is 0.168 e. The first kappa shape index (κ1) is 17.2. The molecule has 0 spiro atoms. The summed E-state index contributed by atoms with van der Waals surface area (Å²) in [6, 6.07) is 1.33. The van der Waals surface area contributed by atoms with E-state index < -0.39 is 17.5 Å². The van der Waals surface area contributed by atoms with E-state index in [0.717, 1.165) is 24.8 Å². The first-order valence-electron chi connectivity index (χ1n) is 8.37. The molecule has 0 bridgehead atoms. The molecule has 1 saturated carbocycles. The SMILES string of the molecule is CCCCCC1CCC(COc2cc(F)c(F)cc2F)CC1. The van der Waals surface area contributed by atoms with E-state index in [0.29, 0.717) is 18.6 Å². The molecule has 0 atom stereocenters. The molecule has 22 heavy (non-hydrogen) atoms. The van der Waals surface area contributed by atoms with E-state index in [-0.39, 0.29) is 5.75 Å². The summed E-state index contributed by atoms with van der Waals surface area (Å²) in [7, 11) is 0. The lowest BCUT2D eigenvalue weighted by molar-refractivity contribution is 0.173. The molecule has 0 saturated heterocycles. The van der Waals surface area contributed by atoms with Gasteiger partial charge in [0.05, 0.1) is 6.61 Å². The fourth-order valence-corrected chi connectivity index (χ4v) is 3.19. The number of rotatable bonds is 7. The van der Waals surface area contributed by atoms with Crippen LogP contribution in [0, 0.1) is 29.3 Å². The average molecular weight is 314 g/mol. The van der Waals surface area contributed by atoms with E-state index in [2.05, 4.69) is 6.92 Å². The third-order valence-corrected chi connectivity index (χ3v) is 4.63. The summed E-state index contributed by atoms with van der Waals surface area (Å²) in [5.74, 6) is -2.10. The molecule has 0 aromatic heterocycles. The van der Waals surface area contributed by atoms with Gasteiger partial charge in [0.15, 0.2) is 23.2 Å². The molecule has 1 nitrogen and oxygen atoms in total. The van der Waals surface area contributed by atoms with Gasteiger partial charge in [0.1, 0.15) is 0 Å². The maximum atomic E-state index is 13.5. The van der Waals surface area contributed by atoms with Crippen LogP contribution in [0.1, 0.15) is 58.3 Å². The number of ether oxygens (including phenoxy) is 1. The monoisotopic (exact) mass is 314 g/mol. The van der Waals surface area contributed by atoms with Crippen molar-refractivity contribution in [2.45, 2.75) is 58.3 Å². The van der Waals surface area contributed by atoms with E-state index in [1.807, 2.05) is 0 Å². The Kier molecular flexibility index (Phi) is 6.59. The molecule has 124 valence electrons. The molecular weight excluding hydrogens is 289 g/mol. The van der Waals surface area contributed by atoms with Crippen molar-refractivity contribution in [2.24, 2.45) is 11.8 Å². The predicted molar refractivity (Wildman–Crippen MR) is 81.4 cm³/mol. The summed E-state index contributed by atoms with van der Waals surface area (Å²) in [4.78, 5) is 0. The second-order valence-electron chi connectivity index (χ2n) is 6.39. The van der Waals surface area contributed by atoms with Crippen LogP contribution in [0.25, 0.3) is 0 Å². The van der Waals surface area contributed by atoms with Crippen LogP contribution in [-0.2, 0) is 0 Å². The highest BCUT2D eigenvalue weighted by Gasteiger charge is 2.22. The molecule has 1 aliphatic carbocycles. The van der Waals surface area contributed by atoms with Crippen molar-refractivity contribution in [3.8, 4) is 5.75 Å². The minimum atomic E-state index is -1.18. The number of halogens is 3. The van der Waals surface area contributed by atoms with Crippen molar-refractivity contribution in [1.29, 1.82) is 0 Å². The Labute approximate surface area is 130 Å². The van der Waals surface area contributed by atoms with Crippen LogP contribution >= 0.6 is 0 Å². The van der Waals surface area contributed by atoms with Crippen molar-refractivity contribution >= 4 is 0 Å². The predicted octanol–water partition coefficient (Wildman–Crippen LogP) is 5.87. The van der Waals surface area contributed by atoms with Crippen LogP contribution in [0.2, 0.25) is 0 Å².